The van der Waals surface area contributed by atoms with E-state index in [4.69, 9.17) is 13.9 Å². The van der Waals surface area contributed by atoms with E-state index >= 15 is 0 Å². The third-order valence-electron chi connectivity index (χ3n) is 4.17. The van der Waals surface area contributed by atoms with Crippen LogP contribution in [0.25, 0.3) is 17.1 Å². The highest BCUT2D eigenvalue weighted by Crippen LogP contribution is 2.36. The van der Waals surface area contributed by atoms with Crippen LogP contribution in [0.5, 0.6) is 11.5 Å². The molecule has 0 saturated heterocycles. The molecule has 0 unspecified atom stereocenters. The first kappa shape index (κ1) is 18.9. The highest BCUT2D eigenvalue weighted by Gasteiger charge is 2.20. The molecule has 0 fully saturated rings. The van der Waals surface area contributed by atoms with E-state index in [-0.39, 0.29) is 5.25 Å². The molecule has 0 radical (unpaired) electrons. The number of benzene rings is 2. The van der Waals surface area contributed by atoms with Crippen molar-refractivity contribution in [2.75, 3.05) is 14.2 Å². The summed E-state index contributed by atoms with van der Waals surface area (Å²) in [4.78, 5) is 0. The number of aromatic nitrogens is 6. The summed E-state index contributed by atoms with van der Waals surface area (Å²) in [6.07, 6.45) is 0. The van der Waals surface area contributed by atoms with E-state index in [0.29, 0.717) is 28.4 Å². The Bertz CT molecular complexity index is 1100. The molecule has 0 aliphatic heterocycles. The number of hydrogen-bond donors (Lipinski definition) is 0. The lowest BCUT2D eigenvalue weighted by atomic mass is 10.2. The van der Waals surface area contributed by atoms with Crippen LogP contribution in [0, 0.1) is 0 Å². The van der Waals surface area contributed by atoms with E-state index < -0.39 is 0 Å². The zero-order chi connectivity index (χ0) is 20.2. The summed E-state index contributed by atoms with van der Waals surface area (Å²) in [5, 5.41) is 20.6. The van der Waals surface area contributed by atoms with Gasteiger partial charge in [0.2, 0.25) is 5.89 Å². The normalized spacial score (nSPS) is 12.0. The zero-order valence-corrected chi connectivity index (χ0v) is 16.8. The molecule has 10 heteroatoms. The molecule has 0 bridgehead atoms. The molecule has 148 valence electrons. The van der Waals surface area contributed by atoms with E-state index in [0.717, 1.165) is 11.3 Å². The summed E-state index contributed by atoms with van der Waals surface area (Å²) >= 11 is 1.38. The third-order valence-corrected chi connectivity index (χ3v) is 5.10. The average molecular weight is 410 g/mol. The van der Waals surface area contributed by atoms with Crippen molar-refractivity contribution in [2.45, 2.75) is 17.4 Å². The average Bonchev–Trinajstić information content (AvgIpc) is 3.43. The number of nitrogens with zero attached hydrogens (tertiary/aromatic N) is 6. The third kappa shape index (κ3) is 3.92. The molecule has 9 nitrogen and oxygen atoms in total. The molecule has 0 aliphatic rings. The Morgan fingerprint density at radius 1 is 0.966 bits per heavy atom. The minimum Gasteiger partial charge on any atom is -0.493 e. The van der Waals surface area contributed by atoms with Gasteiger partial charge in [-0.25, -0.2) is 0 Å². The van der Waals surface area contributed by atoms with E-state index in [9.17, 15) is 0 Å². The molecular weight excluding hydrogens is 392 g/mol. The summed E-state index contributed by atoms with van der Waals surface area (Å²) < 4.78 is 18.1. The Labute approximate surface area is 171 Å². The molecule has 0 aliphatic carbocycles. The van der Waals surface area contributed by atoms with Crippen molar-refractivity contribution >= 4 is 11.8 Å². The van der Waals surface area contributed by atoms with Gasteiger partial charge in [-0.15, -0.1) is 15.3 Å². The number of para-hydroxylation sites is 1. The molecule has 4 aromatic rings. The maximum atomic E-state index is 5.82. The second kappa shape index (κ2) is 8.31. The van der Waals surface area contributed by atoms with Gasteiger partial charge < -0.3 is 13.9 Å². The van der Waals surface area contributed by atoms with Crippen molar-refractivity contribution in [3.63, 3.8) is 0 Å². The fraction of sp³-hybridized carbons (Fsp3) is 0.211. The Morgan fingerprint density at radius 3 is 2.52 bits per heavy atom. The van der Waals surface area contributed by atoms with Gasteiger partial charge in [-0.1, -0.05) is 30.0 Å². The Balaban J connectivity index is 1.54. The minimum atomic E-state index is -0.107. The van der Waals surface area contributed by atoms with Crippen molar-refractivity contribution in [3.05, 3.63) is 54.4 Å². The van der Waals surface area contributed by atoms with Crippen LogP contribution in [-0.2, 0) is 0 Å². The van der Waals surface area contributed by atoms with Gasteiger partial charge in [-0.05, 0) is 47.7 Å². The summed E-state index contributed by atoms with van der Waals surface area (Å²) in [6.45, 7) is 1.98. The predicted molar refractivity (Wildman–Crippen MR) is 106 cm³/mol. The summed E-state index contributed by atoms with van der Waals surface area (Å²) in [5.74, 6) is 2.30. The van der Waals surface area contributed by atoms with Crippen LogP contribution in [0.2, 0.25) is 0 Å². The number of tetrazole rings is 1. The van der Waals surface area contributed by atoms with Crippen LogP contribution in [-0.4, -0.2) is 44.6 Å². The number of thioether (sulfide) groups is 1. The first-order valence-electron chi connectivity index (χ1n) is 8.76. The van der Waals surface area contributed by atoms with Crippen molar-refractivity contribution in [3.8, 4) is 28.6 Å². The smallest absolute Gasteiger partial charge is 0.277 e. The van der Waals surface area contributed by atoms with Crippen molar-refractivity contribution in [1.82, 2.24) is 30.4 Å². The van der Waals surface area contributed by atoms with E-state index in [1.165, 1.54) is 11.8 Å². The highest BCUT2D eigenvalue weighted by atomic mass is 32.2. The number of hydrogen-bond acceptors (Lipinski definition) is 9. The molecule has 0 N–H and O–H groups in total. The standard InChI is InChI=1S/C19H18N6O3S/c1-12(17-20-23-24-25(17)14-7-5-4-6-8-14)29-19-22-21-18(28-19)13-9-10-15(26-2)16(11-13)27-3/h4-12H,1-3H3/t12-/m1/s1. The van der Waals surface area contributed by atoms with Crippen LogP contribution >= 0.6 is 11.8 Å². The second-order valence-electron chi connectivity index (χ2n) is 5.99. The van der Waals surface area contributed by atoms with Crippen molar-refractivity contribution in [2.24, 2.45) is 0 Å². The first-order valence-corrected chi connectivity index (χ1v) is 9.64. The molecular formula is C19H18N6O3S. The lowest BCUT2D eigenvalue weighted by molar-refractivity contribution is 0.355. The molecule has 2 aromatic carbocycles. The van der Waals surface area contributed by atoms with Crippen molar-refractivity contribution < 1.29 is 13.9 Å². The van der Waals surface area contributed by atoms with Crippen LogP contribution in [0.4, 0.5) is 0 Å². The number of rotatable bonds is 7. The topological polar surface area (TPSA) is 101 Å². The lowest BCUT2D eigenvalue weighted by Crippen LogP contribution is -2.04. The highest BCUT2D eigenvalue weighted by molar-refractivity contribution is 7.99. The summed E-state index contributed by atoms with van der Waals surface area (Å²) in [5.41, 5.74) is 1.63. The molecule has 0 spiro atoms. The Hall–Kier alpha value is -3.40. The molecule has 2 aromatic heterocycles. The van der Waals surface area contributed by atoms with E-state index in [1.807, 2.05) is 43.3 Å². The fourth-order valence-corrected chi connectivity index (χ4v) is 3.52. The number of methoxy groups -OCH3 is 2. The van der Waals surface area contributed by atoms with Crippen LogP contribution in [0.15, 0.2) is 58.2 Å². The lowest BCUT2D eigenvalue weighted by Gasteiger charge is -2.09. The molecule has 1 atom stereocenters. The van der Waals surface area contributed by atoms with Gasteiger partial charge in [0.15, 0.2) is 17.3 Å². The van der Waals surface area contributed by atoms with E-state index in [1.54, 1.807) is 31.0 Å². The SMILES string of the molecule is COc1ccc(-c2nnc(S[C@H](C)c3nnnn3-c3ccccc3)o2)cc1OC. The van der Waals surface area contributed by atoms with Crippen LogP contribution in [0.1, 0.15) is 18.0 Å². The summed E-state index contributed by atoms with van der Waals surface area (Å²) in [6, 6.07) is 15.1. The van der Waals surface area contributed by atoms with Gasteiger partial charge in [0.25, 0.3) is 5.22 Å². The van der Waals surface area contributed by atoms with Gasteiger partial charge >= 0.3 is 0 Å². The monoisotopic (exact) mass is 410 g/mol. The maximum absolute atomic E-state index is 5.82. The van der Waals surface area contributed by atoms with Gasteiger partial charge in [0.05, 0.1) is 25.2 Å². The quantitative estimate of drug-likeness (QED) is 0.423. The Kier molecular flexibility index (Phi) is 5.43. The maximum Gasteiger partial charge on any atom is 0.277 e. The van der Waals surface area contributed by atoms with Gasteiger partial charge in [-0.3, -0.25) is 0 Å². The van der Waals surface area contributed by atoms with Gasteiger partial charge in [0, 0.05) is 5.56 Å². The molecule has 0 amide bonds. The predicted octanol–water partition coefficient (Wildman–Crippen LogP) is 3.58. The van der Waals surface area contributed by atoms with Gasteiger partial charge in [0.1, 0.15) is 0 Å². The molecule has 0 saturated carbocycles. The first-order chi connectivity index (χ1) is 14.2. The molecule has 2 heterocycles. The summed E-state index contributed by atoms with van der Waals surface area (Å²) in [7, 11) is 3.17. The van der Waals surface area contributed by atoms with Crippen LogP contribution < -0.4 is 9.47 Å². The molecule has 4 rings (SSSR count). The zero-order valence-electron chi connectivity index (χ0n) is 16.0. The second-order valence-corrected chi connectivity index (χ2v) is 7.28. The van der Waals surface area contributed by atoms with Crippen LogP contribution in [0.3, 0.4) is 0 Å². The minimum absolute atomic E-state index is 0.107. The largest absolute Gasteiger partial charge is 0.493 e. The van der Waals surface area contributed by atoms with E-state index in [2.05, 4.69) is 25.7 Å². The fourth-order valence-electron chi connectivity index (χ4n) is 2.75. The molecule has 29 heavy (non-hydrogen) atoms. The van der Waals surface area contributed by atoms with Crippen molar-refractivity contribution in [1.29, 1.82) is 0 Å². The number of ether oxygens (including phenoxy) is 2. The Morgan fingerprint density at radius 2 is 1.76 bits per heavy atom. The van der Waals surface area contributed by atoms with Gasteiger partial charge in [-0.2, -0.15) is 4.68 Å².